The van der Waals surface area contributed by atoms with E-state index >= 15 is 0 Å². The summed E-state index contributed by atoms with van der Waals surface area (Å²) in [4.78, 5) is 56.4. The molecule has 2 N–H and O–H groups in total. The fourth-order valence-electron chi connectivity index (χ4n) is 10.1. The molecule has 1 aliphatic carbocycles. The Kier molecular flexibility index (Phi) is 16.0. The van der Waals surface area contributed by atoms with Crippen LogP contribution in [0.3, 0.4) is 0 Å². The van der Waals surface area contributed by atoms with Crippen LogP contribution in [0.15, 0.2) is 119 Å². The Labute approximate surface area is 382 Å². The minimum absolute atomic E-state index is 0.137. The molecule has 0 amide bonds. The number of nitrogens with zero attached hydrogens (tertiary/aromatic N) is 3. The van der Waals surface area contributed by atoms with E-state index in [1.54, 1.807) is 0 Å². The van der Waals surface area contributed by atoms with Crippen LogP contribution in [0.5, 0.6) is 0 Å². The molecule has 64 heavy (non-hydrogen) atoms. The zero-order valence-electron chi connectivity index (χ0n) is 40.4. The second-order valence-electron chi connectivity index (χ2n) is 19.4. The molecule has 8 bridgehead atoms. The van der Waals surface area contributed by atoms with E-state index < -0.39 is 11.9 Å². The maximum atomic E-state index is 14.4. The van der Waals surface area contributed by atoms with Crippen molar-refractivity contribution in [1.29, 1.82) is 0 Å². The van der Waals surface area contributed by atoms with Crippen molar-refractivity contribution in [3.63, 3.8) is 0 Å². The van der Waals surface area contributed by atoms with Crippen LogP contribution in [0, 0.1) is 35.5 Å². The van der Waals surface area contributed by atoms with E-state index in [1.165, 1.54) is 57.6 Å². The number of aliphatic hydroxyl groups excluding tert-OH is 1. The number of rotatable bonds is 19. The summed E-state index contributed by atoms with van der Waals surface area (Å²) in [5, 5.41) is 14.0. The highest BCUT2D eigenvalue weighted by molar-refractivity contribution is 6.42. The number of ether oxygens (including phenoxy) is 2. The molecule has 0 aromatic heterocycles. The number of aliphatic hydroxyl groups is 1. The van der Waals surface area contributed by atoms with Gasteiger partial charge in [-0.15, -0.1) is 0 Å². The molecule has 6 rings (SSSR count). The molecule has 1 saturated heterocycles. The molecule has 344 valence electrons. The normalized spacial score (nSPS) is 23.4. The lowest BCUT2D eigenvalue weighted by Crippen LogP contribution is -2.26. The average Bonchev–Trinajstić information content (AvgIpc) is 3.99. The summed E-state index contributed by atoms with van der Waals surface area (Å²) in [6, 6.07) is 0. The van der Waals surface area contributed by atoms with E-state index in [0.29, 0.717) is 63.1 Å². The molecule has 5 atom stereocenters. The Morgan fingerprint density at radius 2 is 1.52 bits per heavy atom. The molecule has 5 heterocycles. The molecule has 5 aliphatic heterocycles. The first kappa shape index (κ1) is 48.3. The van der Waals surface area contributed by atoms with Gasteiger partial charge in [0.25, 0.3) is 0 Å². The van der Waals surface area contributed by atoms with Crippen molar-refractivity contribution in [2.45, 2.75) is 146 Å². The van der Waals surface area contributed by atoms with Crippen molar-refractivity contribution >= 4 is 34.9 Å². The van der Waals surface area contributed by atoms with Gasteiger partial charge >= 0.3 is 11.9 Å². The number of methoxy groups -OCH3 is 1. The van der Waals surface area contributed by atoms with Gasteiger partial charge in [0, 0.05) is 46.4 Å². The van der Waals surface area contributed by atoms with Gasteiger partial charge in [-0.2, -0.15) is 0 Å². The smallest absolute Gasteiger partial charge is 0.321 e. The molecule has 0 aromatic carbocycles. The Morgan fingerprint density at radius 3 is 2.17 bits per heavy atom. The minimum Gasteiger partial charge on any atom is -0.515 e. The molecule has 1 saturated carbocycles. The maximum Gasteiger partial charge on any atom is 0.321 e. The number of fused-ring (bicyclic) bond motifs is 5. The molecule has 6 aliphatic rings. The first-order valence-corrected chi connectivity index (χ1v) is 23.9. The van der Waals surface area contributed by atoms with Crippen molar-refractivity contribution in [3.05, 3.63) is 104 Å². The van der Waals surface area contributed by atoms with Gasteiger partial charge in [0.15, 0.2) is 5.78 Å². The number of aliphatic imine (C=N–C) groups is 3. The average molecular weight is 873 g/mol. The van der Waals surface area contributed by atoms with E-state index in [4.69, 9.17) is 24.5 Å². The molecular formula is C54H72N4O6. The summed E-state index contributed by atoms with van der Waals surface area (Å²) >= 11 is 0. The van der Waals surface area contributed by atoms with Gasteiger partial charge in [-0.25, -0.2) is 15.0 Å². The van der Waals surface area contributed by atoms with Gasteiger partial charge in [-0.05, 0) is 118 Å². The number of hydrogen-bond acceptors (Lipinski definition) is 10. The number of nitrogens with one attached hydrogen (secondary N) is 1. The second-order valence-corrected chi connectivity index (χ2v) is 19.4. The number of carbonyl (C=O) groups excluding carboxylic acids is 3. The zero-order valence-corrected chi connectivity index (χ0v) is 40.4. The Balaban J connectivity index is 1.20. The second kappa shape index (κ2) is 21.2. The van der Waals surface area contributed by atoms with Crippen LogP contribution in [0.2, 0.25) is 0 Å². The summed E-state index contributed by atoms with van der Waals surface area (Å²) in [7, 11) is 1.29. The summed E-state index contributed by atoms with van der Waals surface area (Å²) in [6.07, 6.45) is 21.4. The van der Waals surface area contributed by atoms with Crippen LogP contribution in [-0.4, -0.2) is 53.7 Å². The minimum atomic E-state index is -1.21. The topological polar surface area (TPSA) is 139 Å². The first-order chi connectivity index (χ1) is 30.6. The summed E-state index contributed by atoms with van der Waals surface area (Å²) in [5.74, 6) is -0.697. The fraction of sp³-hybridized carbons (Fsp3) is 0.556. The largest absolute Gasteiger partial charge is 0.515 e. The molecule has 2 fully saturated rings. The highest BCUT2D eigenvalue weighted by atomic mass is 16.5. The summed E-state index contributed by atoms with van der Waals surface area (Å²) < 4.78 is 11.0. The summed E-state index contributed by atoms with van der Waals surface area (Å²) in [6.45, 7) is 21.7. The number of hydrogen-bond donors (Lipinski definition) is 2. The van der Waals surface area contributed by atoms with Gasteiger partial charge in [-0.3, -0.25) is 14.4 Å². The van der Waals surface area contributed by atoms with E-state index in [2.05, 4.69) is 53.8 Å². The number of ketones is 1. The Hall–Kier alpha value is -5.12. The number of allylic oxidation sites excluding steroid dienone is 12. The summed E-state index contributed by atoms with van der Waals surface area (Å²) in [5.41, 5.74) is 11.5. The zero-order chi connectivity index (χ0) is 46.4. The highest BCUT2D eigenvalue weighted by Crippen LogP contribution is 2.47. The third kappa shape index (κ3) is 10.5. The third-order valence-electron chi connectivity index (χ3n) is 14.2. The van der Waals surface area contributed by atoms with E-state index in [9.17, 15) is 19.5 Å². The SMILES string of the molecule is CCC1=C(C)C2=CC3=NC(=C(C)/C3=C\O)C=C3NC(=C4C5=NC(=CC1=N2)C(C)=C5C(=O)[C@@H]4C(=O)OC)[C@@H](CCC(=O)OC/C=C(\C)CCCC(C)CCCC(C)CCCC(C)C)[C@@H]3C. The fourth-order valence-corrected chi connectivity index (χ4v) is 10.1. The van der Waals surface area contributed by atoms with Crippen LogP contribution >= 0.6 is 0 Å². The van der Waals surface area contributed by atoms with Crippen LogP contribution in [0.25, 0.3) is 0 Å². The van der Waals surface area contributed by atoms with Gasteiger partial charge in [-0.1, -0.05) is 92.1 Å². The molecule has 10 heteroatoms. The van der Waals surface area contributed by atoms with Crippen LogP contribution in [-0.2, 0) is 23.9 Å². The lowest BCUT2D eigenvalue weighted by Gasteiger charge is -2.19. The van der Waals surface area contributed by atoms with Gasteiger partial charge < -0.3 is 19.9 Å². The first-order valence-electron chi connectivity index (χ1n) is 23.9. The number of carbonyl (C=O) groups is 3. The van der Waals surface area contributed by atoms with Gasteiger partial charge in [0.1, 0.15) is 12.5 Å². The highest BCUT2D eigenvalue weighted by Gasteiger charge is 2.52. The van der Waals surface area contributed by atoms with E-state index in [0.717, 1.165) is 71.2 Å². The quantitative estimate of drug-likeness (QED) is 0.0570. The van der Waals surface area contributed by atoms with Crippen LogP contribution in [0.1, 0.15) is 146 Å². The lowest BCUT2D eigenvalue weighted by atomic mass is 9.85. The lowest BCUT2D eigenvalue weighted by molar-refractivity contribution is -0.146. The molecular weight excluding hydrogens is 801 g/mol. The molecule has 0 spiro atoms. The molecule has 0 radical (unpaired) electrons. The number of Topliss-reactive ketones (excluding diaryl/α,β-unsaturated/α-hetero) is 1. The monoisotopic (exact) mass is 873 g/mol. The van der Waals surface area contributed by atoms with Crippen molar-refractivity contribution in [3.8, 4) is 0 Å². The maximum absolute atomic E-state index is 14.4. The van der Waals surface area contributed by atoms with E-state index in [-0.39, 0.29) is 36.6 Å². The van der Waals surface area contributed by atoms with Crippen molar-refractivity contribution in [2.24, 2.45) is 50.5 Å². The Morgan fingerprint density at radius 1 is 0.859 bits per heavy atom. The van der Waals surface area contributed by atoms with Crippen molar-refractivity contribution in [1.82, 2.24) is 5.32 Å². The Bertz CT molecular complexity index is 2300. The van der Waals surface area contributed by atoms with Crippen LogP contribution < -0.4 is 5.32 Å². The van der Waals surface area contributed by atoms with Gasteiger partial charge in [0.05, 0.1) is 47.6 Å². The number of esters is 2. The van der Waals surface area contributed by atoms with E-state index in [1.807, 2.05) is 45.1 Å². The van der Waals surface area contributed by atoms with Crippen LogP contribution in [0.4, 0.5) is 0 Å². The predicted octanol–water partition coefficient (Wildman–Crippen LogP) is 12.0. The standard InChI is InChI=1S/C54H72N4O6/c1-12-38-34(7)42-27-46-40(29-59)36(9)41(56-46)26-43-35(8)39(51(57-43)49-50(54(62)63-11)53(61)48-37(10)44(58-52(48)49)28-45(38)55-42)22-23-47(60)64-25-24-33(6)21-15-20-32(5)19-14-18-31(4)17-13-16-30(2)3/h24,26-32,35,39,50,57,59H,12-23,25H2,1-11H3/b33-24+,40-29+,42-27?,43-26?,44-28?,51-49?/t31?,32?,35-,39-,50+/m0/s1. The van der Waals surface area contributed by atoms with Crippen molar-refractivity contribution < 1.29 is 29.0 Å². The van der Waals surface area contributed by atoms with Gasteiger partial charge in [0.2, 0.25) is 0 Å². The molecule has 2 unspecified atom stereocenters. The predicted molar refractivity (Wildman–Crippen MR) is 258 cm³/mol. The van der Waals surface area contributed by atoms with Crippen molar-refractivity contribution in [2.75, 3.05) is 13.7 Å². The molecule has 10 nitrogen and oxygen atoms in total. The molecule has 0 aromatic rings. The third-order valence-corrected chi connectivity index (χ3v) is 14.2.